The van der Waals surface area contributed by atoms with Crippen molar-refractivity contribution in [2.24, 2.45) is 0 Å². The van der Waals surface area contributed by atoms with Crippen LogP contribution in [0.2, 0.25) is 5.28 Å². The van der Waals surface area contributed by atoms with Gasteiger partial charge in [0.15, 0.2) is 0 Å². The molecule has 0 amide bonds. The number of hydrogen-bond donors (Lipinski definition) is 2. The van der Waals surface area contributed by atoms with Crippen molar-refractivity contribution in [3.8, 4) is 0 Å². The fourth-order valence-electron chi connectivity index (χ4n) is 1.91. The van der Waals surface area contributed by atoms with Crippen molar-refractivity contribution >= 4 is 55.9 Å². The molecule has 3 N–H and O–H groups in total. The minimum atomic E-state index is 0.0569. The lowest BCUT2D eigenvalue weighted by atomic mass is 10.1. The first kappa shape index (κ1) is 13.1. The van der Waals surface area contributed by atoms with Gasteiger partial charge in [0.05, 0.1) is 0 Å². The lowest BCUT2D eigenvalue weighted by Crippen LogP contribution is -2.03. The highest BCUT2D eigenvalue weighted by molar-refractivity contribution is 9.10. The van der Waals surface area contributed by atoms with Crippen molar-refractivity contribution in [1.29, 1.82) is 0 Å². The first-order valence-corrected chi connectivity index (χ1v) is 6.92. The molecule has 1 heterocycles. The summed E-state index contributed by atoms with van der Waals surface area (Å²) in [6.07, 6.45) is 0. The molecule has 1 aromatic heterocycles. The van der Waals surface area contributed by atoms with Crippen molar-refractivity contribution in [2.45, 2.75) is 0 Å². The third-order valence-electron chi connectivity index (χ3n) is 2.74. The molecule has 0 radical (unpaired) electrons. The van der Waals surface area contributed by atoms with Gasteiger partial charge in [0, 0.05) is 15.5 Å². The van der Waals surface area contributed by atoms with Crippen LogP contribution >= 0.6 is 27.5 Å². The molecule has 3 aromatic rings. The van der Waals surface area contributed by atoms with E-state index in [1.165, 1.54) is 0 Å². The van der Waals surface area contributed by atoms with Crippen molar-refractivity contribution in [1.82, 2.24) is 15.0 Å². The number of benzene rings is 2. The quantitative estimate of drug-likeness (QED) is 0.736. The number of rotatable bonds is 2. The van der Waals surface area contributed by atoms with Crippen molar-refractivity contribution in [3.05, 3.63) is 46.2 Å². The van der Waals surface area contributed by atoms with Crippen molar-refractivity contribution in [3.63, 3.8) is 0 Å². The summed E-state index contributed by atoms with van der Waals surface area (Å²) in [7, 11) is 0. The molecule has 7 heteroatoms. The zero-order valence-corrected chi connectivity index (χ0v) is 12.5. The molecule has 0 atom stereocenters. The number of hydrogen-bond acceptors (Lipinski definition) is 5. The number of anilines is 3. The van der Waals surface area contributed by atoms with E-state index in [1.807, 2.05) is 36.4 Å². The molecule has 0 spiro atoms. The Bertz CT molecular complexity index is 773. The average Bonchev–Trinajstić information content (AvgIpc) is 2.41. The molecule has 0 saturated heterocycles. The second-order valence-corrected chi connectivity index (χ2v) is 5.24. The standard InChI is InChI=1S/C13H9BrClN5/c14-9-5-6-10(8-4-2-1-3-7(8)9)17-13-19-11(15)18-12(16)20-13/h1-6H,(H3,16,17,18,19,20). The molecule has 5 nitrogen and oxygen atoms in total. The van der Waals surface area contributed by atoms with Crippen LogP contribution in [0.3, 0.4) is 0 Å². The summed E-state index contributed by atoms with van der Waals surface area (Å²) in [5, 5.41) is 5.29. The van der Waals surface area contributed by atoms with Crippen LogP contribution in [0.1, 0.15) is 0 Å². The van der Waals surface area contributed by atoms with E-state index in [9.17, 15) is 0 Å². The molecule has 0 aliphatic rings. The fraction of sp³-hybridized carbons (Fsp3) is 0. The van der Waals surface area contributed by atoms with Gasteiger partial charge in [-0.15, -0.1) is 0 Å². The van der Waals surface area contributed by atoms with Gasteiger partial charge in [0.25, 0.3) is 0 Å². The normalized spacial score (nSPS) is 10.7. The Kier molecular flexibility index (Phi) is 3.42. The lowest BCUT2D eigenvalue weighted by Gasteiger charge is -2.10. The van der Waals surface area contributed by atoms with Gasteiger partial charge in [-0.05, 0) is 29.1 Å². The molecule has 0 fully saturated rings. The van der Waals surface area contributed by atoms with Gasteiger partial charge < -0.3 is 11.1 Å². The van der Waals surface area contributed by atoms with E-state index in [-0.39, 0.29) is 11.2 Å². The highest BCUT2D eigenvalue weighted by Gasteiger charge is 2.07. The Labute approximate surface area is 128 Å². The third-order valence-corrected chi connectivity index (χ3v) is 3.60. The van der Waals surface area contributed by atoms with Crippen molar-refractivity contribution < 1.29 is 0 Å². The van der Waals surface area contributed by atoms with Gasteiger partial charge in [0.1, 0.15) is 0 Å². The lowest BCUT2D eigenvalue weighted by molar-refractivity contribution is 1.07. The summed E-state index contributed by atoms with van der Waals surface area (Å²) in [5.41, 5.74) is 6.42. The van der Waals surface area contributed by atoms with E-state index in [2.05, 4.69) is 36.2 Å². The molecule has 0 bridgehead atoms. The van der Waals surface area contributed by atoms with Crippen LogP contribution in [0, 0.1) is 0 Å². The summed E-state index contributed by atoms with van der Waals surface area (Å²) >= 11 is 9.30. The minimum Gasteiger partial charge on any atom is -0.368 e. The third kappa shape index (κ3) is 2.52. The zero-order valence-electron chi connectivity index (χ0n) is 10.1. The summed E-state index contributed by atoms with van der Waals surface area (Å²) in [6.45, 7) is 0. The highest BCUT2D eigenvalue weighted by atomic mass is 79.9. The second-order valence-electron chi connectivity index (χ2n) is 4.05. The average molecular weight is 351 g/mol. The smallest absolute Gasteiger partial charge is 0.233 e. The van der Waals surface area contributed by atoms with Gasteiger partial charge in [-0.1, -0.05) is 40.2 Å². The van der Waals surface area contributed by atoms with Crippen LogP contribution in [-0.4, -0.2) is 15.0 Å². The Hall–Kier alpha value is -1.92. The van der Waals surface area contributed by atoms with Crippen molar-refractivity contribution in [2.75, 3.05) is 11.1 Å². The molecule has 0 aliphatic heterocycles. The van der Waals surface area contributed by atoms with Gasteiger partial charge in [0.2, 0.25) is 17.2 Å². The largest absolute Gasteiger partial charge is 0.368 e. The van der Waals surface area contributed by atoms with E-state index in [0.717, 1.165) is 20.9 Å². The summed E-state index contributed by atoms with van der Waals surface area (Å²) in [5.74, 6) is 0.392. The molecule has 0 unspecified atom stereocenters. The van der Waals surface area contributed by atoms with Gasteiger partial charge in [-0.3, -0.25) is 0 Å². The van der Waals surface area contributed by atoms with Crippen LogP contribution in [0.5, 0.6) is 0 Å². The van der Waals surface area contributed by atoms with E-state index in [4.69, 9.17) is 17.3 Å². The Morgan fingerprint density at radius 1 is 1.00 bits per heavy atom. The Balaban J connectivity index is 2.09. The minimum absolute atomic E-state index is 0.0569. The number of nitrogens with one attached hydrogen (secondary N) is 1. The molecule has 20 heavy (non-hydrogen) atoms. The van der Waals surface area contributed by atoms with Gasteiger partial charge in [-0.2, -0.15) is 15.0 Å². The molecule has 2 aromatic carbocycles. The summed E-state index contributed by atoms with van der Waals surface area (Å²) in [4.78, 5) is 11.7. The SMILES string of the molecule is Nc1nc(Cl)nc(Nc2ccc(Br)c3ccccc23)n1. The van der Waals surface area contributed by atoms with Gasteiger partial charge >= 0.3 is 0 Å². The maximum absolute atomic E-state index is 5.77. The van der Waals surface area contributed by atoms with E-state index in [0.29, 0.717) is 5.95 Å². The molecule has 3 rings (SSSR count). The van der Waals surface area contributed by atoms with Crippen LogP contribution < -0.4 is 11.1 Å². The van der Waals surface area contributed by atoms with E-state index >= 15 is 0 Å². The summed E-state index contributed by atoms with van der Waals surface area (Å²) < 4.78 is 1.02. The van der Waals surface area contributed by atoms with Crippen LogP contribution in [-0.2, 0) is 0 Å². The first-order chi connectivity index (χ1) is 9.63. The number of halogens is 2. The van der Waals surface area contributed by atoms with Crippen LogP contribution in [0.15, 0.2) is 40.9 Å². The number of nitrogens with two attached hydrogens (primary N) is 1. The van der Waals surface area contributed by atoms with E-state index in [1.54, 1.807) is 0 Å². The molecule has 0 aliphatic carbocycles. The maximum Gasteiger partial charge on any atom is 0.233 e. The monoisotopic (exact) mass is 349 g/mol. The summed E-state index contributed by atoms with van der Waals surface area (Å²) in [6, 6.07) is 11.9. The maximum atomic E-state index is 5.77. The molecular formula is C13H9BrClN5. The first-order valence-electron chi connectivity index (χ1n) is 5.75. The fourth-order valence-corrected chi connectivity index (χ4v) is 2.56. The molecule has 100 valence electrons. The highest BCUT2D eigenvalue weighted by Crippen LogP contribution is 2.31. The molecular weight excluding hydrogens is 342 g/mol. The Morgan fingerprint density at radius 2 is 1.75 bits per heavy atom. The van der Waals surface area contributed by atoms with Crippen LogP contribution in [0.25, 0.3) is 10.8 Å². The predicted molar refractivity (Wildman–Crippen MR) is 84.2 cm³/mol. The topological polar surface area (TPSA) is 76.7 Å². The van der Waals surface area contributed by atoms with E-state index < -0.39 is 0 Å². The second kappa shape index (κ2) is 5.22. The van der Waals surface area contributed by atoms with Crippen LogP contribution in [0.4, 0.5) is 17.6 Å². The number of aromatic nitrogens is 3. The predicted octanol–water partition coefficient (Wildman–Crippen LogP) is 3.77. The number of nitrogens with zero attached hydrogens (tertiary/aromatic N) is 3. The zero-order chi connectivity index (χ0) is 14.1. The van der Waals surface area contributed by atoms with Gasteiger partial charge in [-0.25, -0.2) is 0 Å². The molecule has 0 saturated carbocycles. The number of nitrogen functional groups attached to an aromatic ring is 1. The number of fused-ring (bicyclic) bond motifs is 1. The Morgan fingerprint density at radius 3 is 2.50 bits per heavy atom.